The fourth-order valence-electron chi connectivity index (χ4n) is 5.20. The quantitative estimate of drug-likeness (QED) is 0.238. The van der Waals surface area contributed by atoms with Crippen molar-refractivity contribution in [2.75, 3.05) is 6.61 Å². The van der Waals surface area contributed by atoms with E-state index in [2.05, 4.69) is 9.97 Å². The number of carbonyl (C=O) groups is 2. The van der Waals surface area contributed by atoms with Gasteiger partial charge in [-0.2, -0.15) is 0 Å². The third-order valence-corrected chi connectivity index (χ3v) is 8.30. The molecule has 226 valence electrons. The lowest BCUT2D eigenvalue weighted by atomic mass is 9.81. The van der Waals surface area contributed by atoms with Gasteiger partial charge in [-0.3, -0.25) is 19.6 Å². The summed E-state index contributed by atoms with van der Waals surface area (Å²) in [5.41, 5.74) is 7.32. The van der Waals surface area contributed by atoms with Gasteiger partial charge in [-0.25, -0.2) is 9.37 Å². The molecule has 1 saturated carbocycles. The van der Waals surface area contributed by atoms with Crippen LogP contribution in [-0.4, -0.2) is 44.5 Å². The van der Waals surface area contributed by atoms with Gasteiger partial charge in [-0.15, -0.1) is 0 Å². The zero-order valence-corrected chi connectivity index (χ0v) is 24.8. The monoisotopic (exact) mass is 596 g/mol. The number of nitrogens with two attached hydrogens (primary N) is 1. The Bertz CT molecular complexity index is 1750. The molecule has 1 amide bonds. The van der Waals surface area contributed by atoms with Gasteiger partial charge in [0.1, 0.15) is 40.6 Å². The molecular weight excluding hydrogens is 563 g/mol. The van der Waals surface area contributed by atoms with Crippen LogP contribution in [0.5, 0.6) is 11.5 Å². The van der Waals surface area contributed by atoms with E-state index in [4.69, 9.17) is 20.2 Å². The molecular formula is C34H33FN4O5. The van der Waals surface area contributed by atoms with Crippen molar-refractivity contribution in [2.45, 2.75) is 63.6 Å². The lowest BCUT2D eigenvalue weighted by Gasteiger charge is -2.26. The number of primary amides is 1. The average Bonchev–Trinajstić information content (AvgIpc) is 3.76. The van der Waals surface area contributed by atoms with E-state index < -0.39 is 22.7 Å². The minimum Gasteiger partial charge on any atom is -0.490 e. The van der Waals surface area contributed by atoms with Crippen LogP contribution in [0.1, 0.15) is 66.8 Å². The van der Waals surface area contributed by atoms with Gasteiger partial charge in [0.25, 0.3) is 0 Å². The number of amides is 1. The van der Waals surface area contributed by atoms with Crippen molar-refractivity contribution in [1.82, 2.24) is 15.0 Å². The Morgan fingerprint density at radius 3 is 2.55 bits per heavy atom. The molecule has 0 radical (unpaired) electrons. The summed E-state index contributed by atoms with van der Waals surface area (Å²) in [5.74, 6) is -0.260. The first-order valence-electron chi connectivity index (χ1n) is 14.5. The fraction of sp³-hybridized carbons (Fsp3) is 0.324. The lowest BCUT2D eigenvalue weighted by Crippen LogP contribution is -2.40. The lowest BCUT2D eigenvalue weighted by molar-refractivity contribution is -0.123. The predicted molar refractivity (Wildman–Crippen MR) is 161 cm³/mol. The fourth-order valence-corrected chi connectivity index (χ4v) is 5.20. The zero-order valence-electron chi connectivity index (χ0n) is 24.8. The van der Waals surface area contributed by atoms with Gasteiger partial charge >= 0.3 is 0 Å². The molecule has 2 aromatic carbocycles. The number of benzene rings is 2. The molecule has 3 heterocycles. The highest BCUT2D eigenvalue weighted by Gasteiger charge is 2.45. The van der Waals surface area contributed by atoms with Gasteiger partial charge < -0.3 is 20.3 Å². The maximum absolute atomic E-state index is 13.7. The number of rotatable bonds is 10. The van der Waals surface area contributed by atoms with Crippen LogP contribution in [0, 0.1) is 12.7 Å². The number of ketones is 1. The highest BCUT2D eigenvalue weighted by atomic mass is 19.1. The van der Waals surface area contributed by atoms with E-state index in [0.29, 0.717) is 39.6 Å². The van der Waals surface area contributed by atoms with Crippen LogP contribution < -0.4 is 15.2 Å². The molecule has 9 nitrogen and oxygen atoms in total. The minimum absolute atomic E-state index is 0.00700. The Hall–Kier alpha value is -4.70. The van der Waals surface area contributed by atoms with Crippen LogP contribution in [0.15, 0.2) is 60.9 Å². The van der Waals surface area contributed by atoms with Gasteiger partial charge in [0.2, 0.25) is 5.91 Å². The largest absolute Gasteiger partial charge is 0.490 e. The van der Waals surface area contributed by atoms with Gasteiger partial charge in [0.15, 0.2) is 5.78 Å². The van der Waals surface area contributed by atoms with Crippen molar-refractivity contribution >= 4 is 11.7 Å². The number of aryl methyl sites for hydroxylation is 1. The molecule has 44 heavy (non-hydrogen) atoms. The topological polar surface area (TPSA) is 138 Å². The van der Waals surface area contributed by atoms with E-state index in [1.165, 1.54) is 12.1 Å². The highest BCUT2D eigenvalue weighted by molar-refractivity contribution is 5.97. The number of hydrogen-bond acceptors (Lipinski definition) is 8. The maximum atomic E-state index is 13.7. The van der Waals surface area contributed by atoms with E-state index in [-0.39, 0.29) is 37.0 Å². The molecule has 3 N–H and O–H groups in total. The van der Waals surface area contributed by atoms with Gasteiger partial charge in [-0.05, 0) is 82.5 Å². The van der Waals surface area contributed by atoms with E-state index >= 15 is 0 Å². The maximum Gasteiger partial charge on any atom is 0.231 e. The molecule has 1 fully saturated rings. The van der Waals surface area contributed by atoms with Crippen molar-refractivity contribution < 1.29 is 28.6 Å². The van der Waals surface area contributed by atoms with E-state index in [1.807, 2.05) is 13.0 Å². The van der Waals surface area contributed by atoms with Crippen molar-refractivity contribution in [3.8, 4) is 34.0 Å². The summed E-state index contributed by atoms with van der Waals surface area (Å²) in [4.78, 5) is 39.4. The molecule has 6 rings (SSSR count). The molecule has 0 spiro atoms. The summed E-state index contributed by atoms with van der Waals surface area (Å²) in [5, 5.41) is 11.7. The second-order valence-corrected chi connectivity index (χ2v) is 12.0. The summed E-state index contributed by atoms with van der Waals surface area (Å²) in [6, 6.07) is 12.6. The Morgan fingerprint density at radius 2 is 1.89 bits per heavy atom. The smallest absolute Gasteiger partial charge is 0.231 e. The predicted octanol–water partition coefficient (Wildman–Crippen LogP) is 5.20. The number of ether oxygens (including phenoxy) is 2. The number of Topliss-reactive ketones (excluding diaryl/α,β-unsaturated/α-hetero) is 1. The van der Waals surface area contributed by atoms with Crippen molar-refractivity contribution in [1.29, 1.82) is 0 Å². The Labute approximate surface area is 254 Å². The van der Waals surface area contributed by atoms with E-state index in [0.717, 1.165) is 24.1 Å². The molecule has 10 heteroatoms. The Kier molecular flexibility index (Phi) is 7.41. The molecule has 0 unspecified atom stereocenters. The molecule has 2 atom stereocenters. The SMILES string of the molecule is Cc1cnc(-c2ccc(C(=O)CC[C@](C)(O)c3cc4c(c(-c5ccc(F)cc5)n3)OC[C@]4(C)C(N)=O)cc2OC2CC2)cn1. The molecule has 4 aromatic rings. The van der Waals surface area contributed by atoms with Crippen molar-refractivity contribution in [2.24, 2.45) is 5.73 Å². The van der Waals surface area contributed by atoms with Crippen LogP contribution in [0.4, 0.5) is 4.39 Å². The summed E-state index contributed by atoms with van der Waals surface area (Å²) in [7, 11) is 0. The third kappa shape index (κ3) is 5.65. The number of aliphatic hydroxyl groups is 1. The third-order valence-electron chi connectivity index (χ3n) is 8.30. The second kappa shape index (κ2) is 11.1. The van der Waals surface area contributed by atoms with Gasteiger partial charge in [0, 0.05) is 34.9 Å². The molecule has 2 aromatic heterocycles. The van der Waals surface area contributed by atoms with Crippen molar-refractivity contribution in [3.63, 3.8) is 0 Å². The van der Waals surface area contributed by atoms with Crippen LogP contribution >= 0.6 is 0 Å². The molecule has 0 saturated heterocycles. The first-order chi connectivity index (χ1) is 20.9. The van der Waals surface area contributed by atoms with Crippen LogP contribution in [0.25, 0.3) is 22.5 Å². The first-order valence-corrected chi connectivity index (χ1v) is 14.5. The number of hydrogen-bond donors (Lipinski definition) is 2. The van der Waals surface area contributed by atoms with Crippen molar-refractivity contribution in [3.05, 3.63) is 89.3 Å². The molecule has 1 aliphatic heterocycles. The van der Waals surface area contributed by atoms with Crippen LogP contribution in [-0.2, 0) is 15.8 Å². The minimum atomic E-state index is -1.56. The molecule has 2 aliphatic rings. The second-order valence-electron chi connectivity index (χ2n) is 12.0. The number of pyridine rings is 1. The summed E-state index contributed by atoms with van der Waals surface area (Å²) in [6.07, 6.45) is 5.42. The van der Waals surface area contributed by atoms with Crippen LogP contribution in [0.3, 0.4) is 0 Å². The number of carbonyl (C=O) groups excluding carboxylic acids is 2. The summed E-state index contributed by atoms with van der Waals surface area (Å²) < 4.78 is 25.7. The summed E-state index contributed by atoms with van der Waals surface area (Å²) >= 11 is 0. The number of fused-ring (bicyclic) bond motifs is 1. The Morgan fingerprint density at radius 1 is 1.14 bits per heavy atom. The highest BCUT2D eigenvalue weighted by Crippen LogP contribution is 2.46. The standard InChI is InChI=1S/C34H33FN4O5/c1-19-16-38-26(17-37-19)24-11-6-21(14-28(24)44-23-9-10-23)27(40)12-13-34(3,42)29-15-25-31(43-18-33(25,2)32(36)41)30(39-29)20-4-7-22(35)8-5-20/h4-8,11,14-17,23,42H,9-10,12-13,18H2,1-3H3,(H2,36,41)/t33-,34-/m0/s1. The van der Waals surface area contributed by atoms with Gasteiger partial charge in [0.05, 0.1) is 29.4 Å². The Balaban J connectivity index is 1.29. The molecule has 1 aliphatic carbocycles. The number of nitrogens with zero attached hydrogens (tertiary/aromatic N) is 3. The zero-order chi connectivity index (χ0) is 31.2. The number of halogens is 1. The normalized spacial score (nSPS) is 18.7. The summed E-state index contributed by atoms with van der Waals surface area (Å²) in [6.45, 7) is 5.11. The van der Waals surface area contributed by atoms with Gasteiger partial charge in [-0.1, -0.05) is 6.07 Å². The van der Waals surface area contributed by atoms with E-state index in [1.54, 1.807) is 56.6 Å². The van der Waals surface area contributed by atoms with Crippen LogP contribution in [0.2, 0.25) is 0 Å². The number of aromatic nitrogens is 3. The average molecular weight is 597 g/mol. The molecule has 0 bridgehead atoms. The van der Waals surface area contributed by atoms with E-state index in [9.17, 15) is 19.1 Å². The first kappa shape index (κ1) is 29.4.